The molecule has 142 valence electrons. The SMILES string of the molecule is CC.CCc1ccccc1Cl.O=Cc1cnn2c1CN(C(=O)CCl)CC2. The summed E-state index contributed by atoms with van der Waals surface area (Å²) >= 11 is 11.3. The van der Waals surface area contributed by atoms with E-state index in [-0.39, 0.29) is 11.8 Å². The van der Waals surface area contributed by atoms with Crippen molar-refractivity contribution in [1.29, 1.82) is 0 Å². The van der Waals surface area contributed by atoms with Gasteiger partial charge in [0, 0.05) is 11.6 Å². The number of alkyl halides is 1. The van der Waals surface area contributed by atoms with Gasteiger partial charge in [0.05, 0.1) is 30.5 Å². The van der Waals surface area contributed by atoms with E-state index in [4.69, 9.17) is 23.2 Å². The lowest BCUT2D eigenvalue weighted by Gasteiger charge is -2.27. The summed E-state index contributed by atoms with van der Waals surface area (Å²) in [6, 6.07) is 7.91. The number of benzene rings is 1. The molecule has 1 aliphatic rings. The Labute approximate surface area is 164 Å². The smallest absolute Gasteiger partial charge is 0.237 e. The second kappa shape index (κ2) is 11.7. The van der Waals surface area contributed by atoms with E-state index in [9.17, 15) is 9.59 Å². The van der Waals surface area contributed by atoms with Gasteiger partial charge in [-0.2, -0.15) is 5.10 Å². The molecule has 0 spiro atoms. The molecule has 0 bridgehead atoms. The Bertz CT molecular complexity index is 717. The molecule has 1 amide bonds. The standard InChI is InChI=1S/C9H10ClN3O2.C8H9Cl.C2H6/c10-3-9(15)12-1-2-13-8(5-12)7(6-14)4-11-13;1-2-7-5-3-4-6-8(7)9;1-2/h4,6H,1-3,5H2;3-6H,2H2,1H3;1-2H3. The van der Waals surface area contributed by atoms with Crippen molar-refractivity contribution in [3.63, 3.8) is 0 Å². The zero-order chi connectivity index (χ0) is 19.5. The number of hydrogen-bond donors (Lipinski definition) is 0. The Morgan fingerprint density at radius 2 is 1.96 bits per heavy atom. The number of rotatable bonds is 3. The first-order valence-electron chi connectivity index (χ1n) is 8.67. The Morgan fingerprint density at radius 3 is 2.50 bits per heavy atom. The van der Waals surface area contributed by atoms with Crippen LogP contribution in [0.5, 0.6) is 0 Å². The van der Waals surface area contributed by atoms with Crippen LogP contribution in [0.2, 0.25) is 5.02 Å². The van der Waals surface area contributed by atoms with Crippen molar-refractivity contribution >= 4 is 35.4 Å². The monoisotopic (exact) mass is 397 g/mol. The zero-order valence-electron chi connectivity index (χ0n) is 15.4. The normalized spacial score (nSPS) is 12.1. The second-order valence-electron chi connectivity index (χ2n) is 5.28. The van der Waals surface area contributed by atoms with Crippen LogP contribution in [-0.2, 0) is 24.3 Å². The molecule has 0 saturated heterocycles. The van der Waals surface area contributed by atoms with E-state index in [1.807, 2.05) is 38.1 Å². The number of fused-ring (bicyclic) bond motifs is 1. The number of aryl methyl sites for hydroxylation is 1. The number of halogens is 2. The second-order valence-corrected chi connectivity index (χ2v) is 5.96. The van der Waals surface area contributed by atoms with Crippen molar-refractivity contribution in [2.45, 2.75) is 40.3 Å². The lowest BCUT2D eigenvalue weighted by atomic mass is 10.2. The molecule has 0 fully saturated rings. The molecule has 26 heavy (non-hydrogen) atoms. The first-order valence-corrected chi connectivity index (χ1v) is 9.59. The van der Waals surface area contributed by atoms with Crippen LogP contribution in [-0.4, -0.2) is 39.3 Å². The fourth-order valence-corrected chi connectivity index (χ4v) is 2.89. The average Bonchev–Trinajstić information content (AvgIpc) is 3.12. The Balaban J connectivity index is 0.000000263. The number of aromatic nitrogens is 2. The van der Waals surface area contributed by atoms with Gasteiger partial charge in [0.15, 0.2) is 6.29 Å². The lowest BCUT2D eigenvalue weighted by Crippen LogP contribution is -2.39. The van der Waals surface area contributed by atoms with E-state index >= 15 is 0 Å². The van der Waals surface area contributed by atoms with Crippen molar-refractivity contribution in [2.75, 3.05) is 12.4 Å². The van der Waals surface area contributed by atoms with E-state index in [1.54, 1.807) is 9.58 Å². The minimum absolute atomic E-state index is 0.0233. The van der Waals surface area contributed by atoms with Gasteiger partial charge in [-0.15, -0.1) is 11.6 Å². The first kappa shape index (κ1) is 22.2. The van der Waals surface area contributed by atoms with Crippen LogP contribution >= 0.6 is 23.2 Å². The van der Waals surface area contributed by atoms with Crippen LogP contribution in [0.1, 0.15) is 42.4 Å². The molecule has 2 heterocycles. The van der Waals surface area contributed by atoms with E-state index in [1.165, 1.54) is 11.8 Å². The van der Waals surface area contributed by atoms with Crippen LogP contribution in [0, 0.1) is 0 Å². The van der Waals surface area contributed by atoms with Gasteiger partial charge >= 0.3 is 0 Å². The van der Waals surface area contributed by atoms with Crippen LogP contribution in [0.15, 0.2) is 30.5 Å². The highest BCUT2D eigenvalue weighted by atomic mass is 35.5. The minimum Gasteiger partial charge on any atom is -0.334 e. The van der Waals surface area contributed by atoms with Crippen molar-refractivity contribution in [1.82, 2.24) is 14.7 Å². The van der Waals surface area contributed by atoms with E-state index < -0.39 is 0 Å². The van der Waals surface area contributed by atoms with Gasteiger partial charge < -0.3 is 4.90 Å². The summed E-state index contributed by atoms with van der Waals surface area (Å²) in [7, 11) is 0. The average molecular weight is 398 g/mol. The van der Waals surface area contributed by atoms with E-state index in [0.717, 1.165) is 23.4 Å². The van der Waals surface area contributed by atoms with Crippen molar-refractivity contribution in [2.24, 2.45) is 0 Å². The van der Waals surface area contributed by atoms with Crippen molar-refractivity contribution in [3.8, 4) is 0 Å². The molecule has 0 saturated carbocycles. The van der Waals surface area contributed by atoms with Gasteiger partial charge in [-0.1, -0.05) is 50.6 Å². The highest BCUT2D eigenvalue weighted by Crippen LogP contribution is 2.15. The predicted octanol–water partition coefficient (Wildman–Crippen LogP) is 4.21. The van der Waals surface area contributed by atoms with Crippen molar-refractivity contribution < 1.29 is 9.59 Å². The molecule has 0 unspecified atom stereocenters. The topological polar surface area (TPSA) is 55.2 Å². The number of nitrogens with zero attached hydrogens (tertiary/aromatic N) is 3. The Kier molecular flexibility index (Phi) is 9.99. The molecule has 0 N–H and O–H groups in total. The van der Waals surface area contributed by atoms with Gasteiger partial charge in [-0.3, -0.25) is 14.3 Å². The van der Waals surface area contributed by atoms with Gasteiger partial charge in [0.1, 0.15) is 5.88 Å². The molecule has 0 atom stereocenters. The third-order valence-electron chi connectivity index (χ3n) is 3.84. The third-order valence-corrected chi connectivity index (χ3v) is 4.43. The van der Waals surface area contributed by atoms with Crippen LogP contribution in [0.4, 0.5) is 0 Å². The van der Waals surface area contributed by atoms with Gasteiger partial charge in [-0.05, 0) is 18.1 Å². The molecule has 2 aromatic rings. The summed E-state index contributed by atoms with van der Waals surface area (Å²) < 4.78 is 1.75. The summed E-state index contributed by atoms with van der Waals surface area (Å²) in [6.45, 7) is 7.73. The maximum Gasteiger partial charge on any atom is 0.237 e. The molecule has 3 rings (SSSR count). The highest BCUT2D eigenvalue weighted by molar-refractivity contribution is 6.31. The van der Waals surface area contributed by atoms with Gasteiger partial charge in [-0.25, -0.2) is 0 Å². The van der Waals surface area contributed by atoms with Crippen LogP contribution in [0.3, 0.4) is 0 Å². The zero-order valence-corrected chi connectivity index (χ0v) is 16.9. The number of hydrogen-bond acceptors (Lipinski definition) is 3. The molecule has 1 aliphatic heterocycles. The van der Waals surface area contributed by atoms with Gasteiger partial charge in [0.25, 0.3) is 0 Å². The van der Waals surface area contributed by atoms with E-state index in [2.05, 4.69) is 12.0 Å². The molecule has 1 aromatic heterocycles. The first-order chi connectivity index (χ1) is 12.6. The van der Waals surface area contributed by atoms with Gasteiger partial charge in [0.2, 0.25) is 5.91 Å². The summed E-state index contributed by atoms with van der Waals surface area (Å²) in [5.74, 6) is -0.133. The van der Waals surface area contributed by atoms with Crippen molar-refractivity contribution in [3.05, 3.63) is 52.3 Å². The van der Waals surface area contributed by atoms with Crippen LogP contribution < -0.4 is 0 Å². The molecule has 5 nitrogen and oxygen atoms in total. The minimum atomic E-state index is -0.110. The van der Waals surface area contributed by atoms with E-state index in [0.29, 0.717) is 25.2 Å². The molecular weight excluding hydrogens is 373 g/mol. The predicted molar refractivity (Wildman–Crippen MR) is 106 cm³/mol. The third kappa shape index (κ3) is 5.85. The number of aldehydes is 1. The maximum absolute atomic E-state index is 11.4. The maximum atomic E-state index is 11.4. The number of carbonyl (C=O) groups is 2. The Hall–Kier alpha value is -1.85. The molecule has 0 radical (unpaired) electrons. The quantitative estimate of drug-likeness (QED) is 0.575. The number of carbonyl (C=O) groups excluding carboxylic acids is 2. The summed E-state index contributed by atoms with van der Waals surface area (Å²) in [5, 5.41) is 4.94. The summed E-state index contributed by atoms with van der Waals surface area (Å²) in [5.41, 5.74) is 2.55. The summed E-state index contributed by atoms with van der Waals surface area (Å²) in [4.78, 5) is 23.7. The Morgan fingerprint density at radius 1 is 1.27 bits per heavy atom. The fraction of sp³-hybridized carbons (Fsp3) is 0.421. The lowest BCUT2D eigenvalue weighted by molar-refractivity contribution is -0.129. The summed E-state index contributed by atoms with van der Waals surface area (Å²) in [6.07, 6.45) is 3.30. The molecular formula is C19H25Cl2N3O2. The van der Waals surface area contributed by atoms with Crippen LogP contribution in [0.25, 0.3) is 0 Å². The molecule has 1 aromatic carbocycles. The molecule has 7 heteroatoms. The largest absolute Gasteiger partial charge is 0.334 e. The molecule has 0 aliphatic carbocycles. The fourth-order valence-electron chi connectivity index (χ4n) is 2.45. The highest BCUT2D eigenvalue weighted by Gasteiger charge is 2.22. The number of amides is 1.